The molecule has 1 N–H and O–H groups in total. The van der Waals surface area contributed by atoms with Gasteiger partial charge in [-0.3, -0.25) is 4.79 Å². The van der Waals surface area contributed by atoms with Crippen molar-refractivity contribution < 1.29 is 4.79 Å². The Hall–Kier alpha value is -3.25. The topological polar surface area (TPSA) is 72.2 Å². The molecule has 0 radical (unpaired) electrons. The first-order chi connectivity index (χ1) is 12.6. The van der Waals surface area contributed by atoms with Gasteiger partial charge in [0.05, 0.1) is 16.3 Å². The summed E-state index contributed by atoms with van der Waals surface area (Å²) in [5.41, 5.74) is 3.41. The molecule has 1 amide bonds. The van der Waals surface area contributed by atoms with Crippen LogP contribution in [0.1, 0.15) is 16.2 Å². The van der Waals surface area contributed by atoms with Crippen LogP contribution in [0.15, 0.2) is 60.7 Å². The van der Waals surface area contributed by atoms with Crippen LogP contribution in [0.4, 0.5) is 5.69 Å². The summed E-state index contributed by atoms with van der Waals surface area (Å²) >= 11 is 6.09. The van der Waals surface area contributed by atoms with Crippen molar-refractivity contribution in [2.24, 2.45) is 0 Å². The maximum atomic E-state index is 12.4. The van der Waals surface area contributed by atoms with Crippen LogP contribution in [0.5, 0.6) is 0 Å². The molecule has 26 heavy (non-hydrogen) atoms. The minimum Gasteiger partial charge on any atom is -0.322 e. The van der Waals surface area contributed by atoms with E-state index >= 15 is 0 Å². The molecule has 0 atom stereocenters. The summed E-state index contributed by atoms with van der Waals surface area (Å²) in [6.45, 7) is 1.84. The first-order valence-electron chi connectivity index (χ1n) is 7.97. The molecule has 0 aliphatic heterocycles. The fourth-order valence-corrected chi connectivity index (χ4v) is 2.87. The highest BCUT2D eigenvalue weighted by Crippen LogP contribution is 2.23. The molecule has 0 aliphatic carbocycles. The van der Waals surface area contributed by atoms with Gasteiger partial charge >= 0.3 is 0 Å². The number of rotatable bonds is 3. The SMILES string of the molecule is Cc1nnc2ccc(-c3cccc(NC(=O)c4ccccc4Cl)c3)nn12. The number of fused-ring (bicyclic) bond motifs is 1. The van der Waals surface area contributed by atoms with Crippen molar-refractivity contribution in [2.45, 2.75) is 6.92 Å². The monoisotopic (exact) mass is 363 g/mol. The number of hydrogen-bond donors (Lipinski definition) is 1. The second-order valence-electron chi connectivity index (χ2n) is 5.75. The highest BCUT2D eigenvalue weighted by Gasteiger charge is 2.11. The van der Waals surface area contributed by atoms with E-state index < -0.39 is 0 Å². The number of anilines is 1. The molecule has 4 aromatic rings. The van der Waals surface area contributed by atoms with Gasteiger partial charge in [0.15, 0.2) is 11.5 Å². The van der Waals surface area contributed by atoms with Crippen molar-refractivity contribution >= 4 is 28.8 Å². The molecule has 0 spiro atoms. The molecular weight excluding hydrogens is 350 g/mol. The number of carbonyl (C=O) groups is 1. The van der Waals surface area contributed by atoms with Crippen molar-refractivity contribution in [3.05, 3.63) is 77.1 Å². The molecule has 0 unspecified atom stereocenters. The molecule has 0 bridgehead atoms. The number of hydrogen-bond acceptors (Lipinski definition) is 4. The van der Waals surface area contributed by atoms with E-state index in [1.165, 1.54) is 0 Å². The third-order valence-electron chi connectivity index (χ3n) is 3.95. The fourth-order valence-electron chi connectivity index (χ4n) is 2.65. The van der Waals surface area contributed by atoms with E-state index in [1.807, 2.05) is 43.3 Å². The van der Waals surface area contributed by atoms with Crippen LogP contribution in [-0.4, -0.2) is 25.7 Å². The summed E-state index contributed by atoms with van der Waals surface area (Å²) in [7, 11) is 0. The highest BCUT2D eigenvalue weighted by molar-refractivity contribution is 6.34. The van der Waals surface area contributed by atoms with Crippen molar-refractivity contribution in [2.75, 3.05) is 5.32 Å². The molecule has 2 aromatic heterocycles. The fraction of sp³-hybridized carbons (Fsp3) is 0.0526. The summed E-state index contributed by atoms with van der Waals surface area (Å²) in [6.07, 6.45) is 0. The Morgan fingerprint density at radius 3 is 2.73 bits per heavy atom. The van der Waals surface area contributed by atoms with Crippen LogP contribution in [0, 0.1) is 6.92 Å². The Balaban J connectivity index is 1.64. The Morgan fingerprint density at radius 2 is 1.88 bits per heavy atom. The average Bonchev–Trinajstić information content (AvgIpc) is 3.03. The van der Waals surface area contributed by atoms with Gasteiger partial charge in [0, 0.05) is 11.3 Å². The molecule has 0 saturated heterocycles. The zero-order valence-corrected chi connectivity index (χ0v) is 14.6. The van der Waals surface area contributed by atoms with Crippen LogP contribution < -0.4 is 5.32 Å². The number of aryl methyl sites for hydroxylation is 1. The molecule has 7 heteroatoms. The molecular formula is C19H14ClN5O. The van der Waals surface area contributed by atoms with E-state index in [0.717, 1.165) is 11.3 Å². The van der Waals surface area contributed by atoms with Crippen molar-refractivity contribution in [3.63, 3.8) is 0 Å². The van der Waals surface area contributed by atoms with Gasteiger partial charge in [-0.1, -0.05) is 35.9 Å². The molecule has 0 fully saturated rings. The average molecular weight is 364 g/mol. The zero-order chi connectivity index (χ0) is 18.1. The summed E-state index contributed by atoms with van der Waals surface area (Å²) < 4.78 is 1.68. The number of aromatic nitrogens is 4. The lowest BCUT2D eigenvalue weighted by Crippen LogP contribution is -2.12. The standard InChI is InChI=1S/C19H14ClN5O/c1-12-22-23-18-10-9-17(24-25(12)18)13-5-4-6-14(11-13)21-19(26)15-7-2-3-8-16(15)20/h2-11H,1H3,(H,21,26). The van der Waals surface area contributed by atoms with Crippen molar-refractivity contribution in [3.8, 4) is 11.3 Å². The second kappa shape index (κ2) is 6.57. The first-order valence-corrected chi connectivity index (χ1v) is 8.35. The summed E-state index contributed by atoms with van der Waals surface area (Å²) in [4.78, 5) is 12.4. The number of nitrogens with one attached hydrogen (secondary N) is 1. The lowest BCUT2D eigenvalue weighted by molar-refractivity contribution is 0.102. The van der Waals surface area contributed by atoms with Crippen molar-refractivity contribution in [1.29, 1.82) is 0 Å². The van der Waals surface area contributed by atoms with Crippen LogP contribution >= 0.6 is 11.6 Å². The molecule has 6 nitrogen and oxygen atoms in total. The summed E-state index contributed by atoms with van der Waals surface area (Å²) in [5, 5.41) is 15.9. The van der Waals surface area contributed by atoms with Gasteiger partial charge in [-0.05, 0) is 43.3 Å². The van der Waals surface area contributed by atoms with Crippen LogP contribution in [0.3, 0.4) is 0 Å². The number of nitrogens with zero attached hydrogens (tertiary/aromatic N) is 4. The van der Waals surface area contributed by atoms with Gasteiger partial charge in [0.2, 0.25) is 0 Å². The normalized spacial score (nSPS) is 10.8. The summed E-state index contributed by atoms with van der Waals surface area (Å²) in [6, 6.07) is 18.1. The third kappa shape index (κ3) is 3.02. The molecule has 4 rings (SSSR count). The third-order valence-corrected chi connectivity index (χ3v) is 4.28. The van der Waals surface area contributed by atoms with Gasteiger partial charge in [0.25, 0.3) is 5.91 Å². The van der Waals surface area contributed by atoms with Gasteiger partial charge in [0.1, 0.15) is 0 Å². The van der Waals surface area contributed by atoms with Crippen LogP contribution in [0.25, 0.3) is 16.9 Å². The molecule has 2 aromatic carbocycles. The number of halogens is 1. The predicted octanol–water partition coefficient (Wildman–Crippen LogP) is 4.01. The number of amides is 1. The van der Waals surface area contributed by atoms with Gasteiger partial charge in [-0.25, -0.2) is 0 Å². The zero-order valence-electron chi connectivity index (χ0n) is 13.8. The van der Waals surface area contributed by atoms with E-state index in [2.05, 4.69) is 20.6 Å². The van der Waals surface area contributed by atoms with Gasteiger partial charge in [-0.2, -0.15) is 9.61 Å². The smallest absolute Gasteiger partial charge is 0.257 e. The Kier molecular flexibility index (Phi) is 4.10. The lowest BCUT2D eigenvalue weighted by Gasteiger charge is -2.08. The van der Waals surface area contributed by atoms with Gasteiger partial charge in [-0.15, -0.1) is 10.2 Å². The Bertz CT molecular complexity index is 1120. The minimum atomic E-state index is -0.259. The Labute approximate surface area is 154 Å². The van der Waals surface area contributed by atoms with E-state index in [9.17, 15) is 4.79 Å². The van der Waals surface area contributed by atoms with E-state index in [0.29, 0.717) is 27.7 Å². The molecule has 0 saturated carbocycles. The maximum Gasteiger partial charge on any atom is 0.257 e. The predicted molar refractivity (Wildman–Crippen MR) is 100 cm³/mol. The number of carbonyl (C=O) groups excluding carboxylic acids is 1. The maximum absolute atomic E-state index is 12.4. The number of benzene rings is 2. The largest absolute Gasteiger partial charge is 0.322 e. The van der Waals surface area contributed by atoms with E-state index in [-0.39, 0.29) is 5.91 Å². The van der Waals surface area contributed by atoms with Crippen molar-refractivity contribution in [1.82, 2.24) is 19.8 Å². The Morgan fingerprint density at radius 1 is 1.04 bits per heavy atom. The quantitative estimate of drug-likeness (QED) is 0.597. The molecule has 0 aliphatic rings. The van der Waals surface area contributed by atoms with Gasteiger partial charge < -0.3 is 5.32 Å². The molecule has 2 heterocycles. The van der Waals surface area contributed by atoms with E-state index in [4.69, 9.17) is 11.6 Å². The van der Waals surface area contributed by atoms with Crippen LogP contribution in [0.2, 0.25) is 5.02 Å². The second-order valence-corrected chi connectivity index (χ2v) is 6.16. The molecule has 128 valence electrons. The summed E-state index contributed by atoms with van der Waals surface area (Å²) in [5.74, 6) is 0.454. The first kappa shape index (κ1) is 16.2. The lowest BCUT2D eigenvalue weighted by atomic mass is 10.1. The van der Waals surface area contributed by atoms with Crippen LogP contribution in [-0.2, 0) is 0 Å². The minimum absolute atomic E-state index is 0.259. The van der Waals surface area contributed by atoms with E-state index in [1.54, 1.807) is 28.8 Å². The highest BCUT2D eigenvalue weighted by atomic mass is 35.5.